The molecule has 1 aliphatic heterocycles. The largest absolute Gasteiger partial charge is 0.495 e. The number of fused-ring (bicyclic) bond motifs is 2. The average Bonchev–Trinajstić information content (AvgIpc) is 3.57. The Balaban J connectivity index is 1.20. The molecule has 0 radical (unpaired) electrons. The molecular weight excluding hydrogens is 747 g/mol. The molecule has 0 amide bonds. The summed E-state index contributed by atoms with van der Waals surface area (Å²) in [5.41, 5.74) is -1.89. The first-order valence-corrected chi connectivity index (χ1v) is 17.7. The molecule has 0 saturated carbocycles. The molecule has 1 fully saturated rings. The van der Waals surface area contributed by atoms with Crippen LogP contribution in [-0.4, -0.2) is 70.0 Å². The molecule has 53 heavy (non-hydrogen) atoms. The van der Waals surface area contributed by atoms with Crippen LogP contribution in [-0.2, 0) is 10.0 Å². The van der Waals surface area contributed by atoms with Gasteiger partial charge in [0.05, 0.1) is 39.4 Å². The van der Waals surface area contributed by atoms with E-state index in [1.54, 1.807) is 39.8 Å². The molecule has 3 N–H and O–H groups in total. The first-order valence-electron chi connectivity index (χ1n) is 15.8. The van der Waals surface area contributed by atoms with Crippen molar-refractivity contribution in [2.45, 2.75) is 36.4 Å². The van der Waals surface area contributed by atoms with Crippen molar-refractivity contribution >= 4 is 66.6 Å². The number of sulfonamides is 1. The SMILES string of the molecule is COc1ccc(S(=O)(=O)Nc2ccc(F)c(Nc3ncnc4ccc(-n5cnc6c(N7CCC(O)(C(F)(F)F)CC7)cccc65)nc34)c2F)c(C)c1Cl. The second-order valence-electron chi connectivity index (χ2n) is 12.3. The molecule has 0 bridgehead atoms. The fourth-order valence-corrected chi connectivity index (χ4v) is 7.78. The molecule has 12 nitrogen and oxygen atoms in total. The zero-order valence-electron chi connectivity index (χ0n) is 27.7. The van der Waals surface area contributed by atoms with Crippen LogP contribution in [0.4, 0.5) is 44.8 Å². The minimum Gasteiger partial charge on any atom is -0.495 e. The van der Waals surface area contributed by atoms with E-state index < -0.39 is 57.7 Å². The van der Waals surface area contributed by atoms with Gasteiger partial charge in [-0.05, 0) is 61.0 Å². The number of nitrogens with one attached hydrogen (secondary N) is 2. The topological polar surface area (TPSA) is 147 Å². The summed E-state index contributed by atoms with van der Waals surface area (Å²) in [6.07, 6.45) is -3.11. The first-order chi connectivity index (χ1) is 25.1. The molecule has 7 rings (SSSR count). The number of hydrogen-bond donors (Lipinski definition) is 3. The number of piperidine rings is 1. The van der Waals surface area contributed by atoms with Crippen LogP contribution in [0.15, 0.2) is 72.1 Å². The highest BCUT2D eigenvalue weighted by Crippen LogP contribution is 2.41. The second kappa shape index (κ2) is 13.3. The van der Waals surface area contributed by atoms with Gasteiger partial charge in [0, 0.05) is 25.9 Å². The number of rotatable bonds is 8. The van der Waals surface area contributed by atoms with Crippen molar-refractivity contribution < 1.29 is 40.2 Å². The van der Waals surface area contributed by atoms with Crippen molar-refractivity contribution in [2.24, 2.45) is 0 Å². The number of benzene rings is 3. The van der Waals surface area contributed by atoms with Crippen molar-refractivity contribution in [3.63, 3.8) is 0 Å². The van der Waals surface area contributed by atoms with Gasteiger partial charge in [0.25, 0.3) is 10.0 Å². The van der Waals surface area contributed by atoms with Crippen LogP contribution in [0.1, 0.15) is 18.4 Å². The van der Waals surface area contributed by atoms with Crippen molar-refractivity contribution in [1.29, 1.82) is 0 Å². The molecule has 6 aromatic rings. The minimum absolute atomic E-state index is 0.0478. The van der Waals surface area contributed by atoms with Gasteiger partial charge >= 0.3 is 6.18 Å². The average molecular weight is 775 g/mol. The maximum Gasteiger partial charge on any atom is 0.417 e. The lowest BCUT2D eigenvalue weighted by atomic mass is 9.90. The molecule has 0 atom stereocenters. The van der Waals surface area contributed by atoms with Crippen LogP contribution in [0.25, 0.3) is 27.9 Å². The van der Waals surface area contributed by atoms with Gasteiger partial charge in [-0.15, -0.1) is 0 Å². The number of imidazole rings is 1. The van der Waals surface area contributed by atoms with Gasteiger partial charge in [0.15, 0.2) is 17.2 Å². The number of halogens is 6. The molecule has 3 aromatic heterocycles. The zero-order chi connectivity index (χ0) is 37.9. The van der Waals surface area contributed by atoms with Gasteiger partial charge < -0.3 is 20.1 Å². The van der Waals surface area contributed by atoms with Crippen LogP contribution < -0.4 is 19.7 Å². The standard InChI is InChI=1S/C34H28ClF5N8O4S/c1-18-25(10-9-24(52-2)27(18)35)53(50,51)46-20-7-6-19(36)29(28(20)37)45-32-30-21(41-16-42-32)8-11-26(44-30)48-17-43-31-22(4-3-5-23(31)48)47-14-12-33(49,13-15-47)34(38,39)40/h3-11,16-17,46,49H,12-15H2,1-2H3,(H,41,42,45). The molecule has 1 saturated heterocycles. The number of hydrogen-bond acceptors (Lipinski definition) is 10. The van der Waals surface area contributed by atoms with Crippen LogP contribution in [0.5, 0.6) is 5.75 Å². The quantitative estimate of drug-likeness (QED) is 0.138. The lowest BCUT2D eigenvalue weighted by Gasteiger charge is -2.40. The molecule has 0 aliphatic carbocycles. The van der Waals surface area contributed by atoms with E-state index >= 15 is 8.78 Å². The Hall–Kier alpha value is -5.33. The summed E-state index contributed by atoms with van der Waals surface area (Å²) < 4.78 is 107. The predicted molar refractivity (Wildman–Crippen MR) is 188 cm³/mol. The van der Waals surface area contributed by atoms with Crippen LogP contribution >= 0.6 is 11.6 Å². The summed E-state index contributed by atoms with van der Waals surface area (Å²) in [7, 11) is -3.04. The van der Waals surface area contributed by atoms with Crippen molar-refractivity contribution in [3.05, 3.63) is 89.5 Å². The number of anilines is 4. The van der Waals surface area contributed by atoms with Gasteiger partial charge in [-0.2, -0.15) is 13.2 Å². The van der Waals surface area contributed by atoms with Gasteiger partial charge in [-0.1, -0.05) is 17.7 Å². The van der Waals surface area contributed by atoms with E-state index in [-0.39, 0.29) is 45.7 Å². The van der Waals surface area contributed by atoms with Gasteiger partial charge in [0.1, 0.15) is 46.8 Å². The van der Waals surface area contributed by atoms with E-state index in [0.29, 0.717) is 28.1 Å². The Kier molecular flexibility index (Phi) is 9.02. The predicted octanol–water partition coefficient (Wildman–Crippen LogP) is 7.05. The third-order valence-electron chi connectivity index (χ3n) is 9.12. The molecule has 3 aromatic carbocycles. The van der Waals surface area contributed by atoms with E-state index in [1.165, 1.54) is 32.5 Å². The Morgan fingerprint density at radius 1 is 0.981 bits per heavy atom. The summed E-state index contributed by atoms with van der Waals surface area (Å²) in [5.74, 6) is -1.89. The molecule has 276 valence electrons. The van der Waals surface area contributed by atoms with E-state index in [0.717, 1.165) is 18.5 Å². The molecular formula is C34H28ClF5N8O4S. The summed E-state index contributed by atoms with van der Waals surface area (Å²) in [6.45, 7) is 1.36. The maximum atomic E-state index is 15.9. The summed E-state index contributed by atoms with van der Waals surface area (Å²) in [6, 6.07) is 12.8. The molecule has 4 heterocycles. The lowest BCUT2D eigenvalue weighted by Crippen LogP contribution is -2.53. The number of pyridine rings is 1. The van der Waals surface area contributed by atoms with Gasteiger partial charge in [0.2, 0.25) is 0 Å². The van der Waals surface area contributed by atoms with Gasteiger partial charge in [-0.25, -0.2) is 37.1 Å². The fraction of sp³-hybridized carbons (Fsp3) is 0.235. The number of aromatic nitrogens is 5. The van der Waals surface area contributed by atoms with Crippen molar-refractivity contribution in [1.82, 2.24) is 24.5 Å². The molecule has 19 heteroatoms. The Bertz CT molecular complexity index is 2510. The highest BCUT2D eigenvalue weighted by Gasteiger charge is 2.54. The first kappa shape index (κ1) is 36.0. The van der Waals surface area contributed by atoms with Gasteiger partial charge in [-0.3, -0.25) is 9.29 Å². The number of nitrogens with zero attached hydrogens (tertiary/aromatic N) is 6. The Labute approximate surface area is 303 Å². The summed E-state index contributed by atoms with van der Waals surface area (Å²) >= 11 is 6.24. The third kappa shape index (κ3) is 6.40. The molecule has 0 spiro atoms. The second-order valence-corrected chi connectivity index (χ2v) is 14.3. The highest BCUT2D eigenvalue weighted by atomic mass is 35.5. The summed E-state index contributed by atoms with van der Waals surface area (Å²) in [5, 5.41) is 12.8. The normalized spacial score (nSPS) is 14.8. The molecule has 1 aliphatic rings. The van der Waals surface area contributed by atoms with E-state index in [9.17, 15) is 26.7 Å². The maximum absolute atomic E-state index is 15.9. The fourth-order valence-electron chi connectivity index (χ4n) is 6.17. The van der Waals surface area contributed by atoms with E-state index in [1.807, 2.05) is 0 Å². The monoisotopic (exact) mass is 774 g/mol. The van der Waals surface area contributed by atoms with E-state index in [4.69, 9.17) is 16.3 Å². The number of alkyl halides is 3. The number of para-hydroxylation sites is 1. The van der Waals surface area contributed by atoms with Crippen LogP contribution in [0.3, 0.4) is 0 Å². The molecule has 0 unspecified atom stereocenters. The summed E-state index contributed by atoms with van der Waals surface area (Å²) in [4.78, 5) is 19.0. The van der Waals surface area contributed by atoms with E-state index in [2.05, 4.69) is 30.0 Å². The number of aliphatic hydroxyl groups is 1. The Morgan fingerprint density at radius 2 is 1.74 bits per heavy atom. The Morgan fingerprint density at radius 3 is 2.45 bits per heavy atom. The minimum atomic E-state index is -4.74. The highest BCUT2D eigenvalue weighted by molar-refractivity contribution is 7.92. The van der Waals surface area contributed by atoms with Crippen molar-refractivity contribution in [3.8, 4) is 11.6 Å². The third-order valence-corrected chi connectivity index (χ3v) is 11.1. The number of methoxy groups -OCH3 is 1. The van der Waals surface area contributed by atoms with Crippen molar-refractivity contribution in [2.75, 3.05) is 35.1 Å². The van der Waals surface area contributed by atoms with Crippen LogP contribution in [0.2, 0.25) is 5.02 Å². The van der Waals surface area contributed by atoms with Crippen LogP contribution in [0, 0.1) is 18.6 Å². The lowest BCUT2D eigenvalue weighted by molar-refractivity contribution is -0.266. The number of ether oxygens (including phenoxy) is 1. The smallest absolute Gasteiger partial charge is 0.417 e. The zero-order valence-corrected chi connectivity index (χ0v) is 29.3.